The summed E-state index contributed by atoms with van der Waals surface area (Å²) >= 11 is 7.61. The second-order valence-electron chi connectivity index (χ2n) is 6.01. The zero-order chi connectivity index (χ0) is 19.5. The third-order valence-electron chi connectivity index (χ3n) is 4.24. The third kappa shape index (κ3) is 3.79. The maximum absolute atomic E-state index is 12.0. The second kappa shape index (κ2) is 8.12. The molecule has 0 radical (unpaired) electrons. The Morgan fingerprint density at radius 3 is 2.79 bits per heavy atom. The number of para-hydroxylation sites is 3. The quantitative estimate of drug-likeness (QED) is 0.427. The molecule has 0 aliphatic carbocycles. The lowest BCUT2D eigenvalue weighted by Crippen LogP contribution is -2.15. The highest BCUT2D eigenvalue weighted by Gasteiger charge is 2.12. The number of rotatable bonds is 7. The molecule has 0 amide bonds. The predicted octanol–water partition coefficient (Wildman–Crippen LogP) is 3.75. The van der Waals surface area contributed by atoms with E-state index < -0.39 is 0 Å². The number of hydrogen-bond donors (Lipinski definition) is 0. The van der Waals surface area contributed by atoms with Crippen LogP contribution in [0.25, 0.3) is 11.1 Å². The molecule has 144 valence electrons. The van der Waals surface area contributed by atoms with Crippen molar-refractivity contribution in [3.8, 4) is 5.75 Å². The van der Waals surface area contributed by atoms with E-state index in [-0.39, 0.29) is 12.4 Å². The van der Waals surface area contributed by atoms with Crippen LogP contribution in [-0.4, -0.2) is 25.1 Å². The van der Waals surface area contributed by atoms with Gasteiger partial charge in [-0.3, -0.25) is 4.57 Å². The summed E-state index contributed by atoms with van der Waals surface area (Å²) in [5.74, 6) is 1.59. The number of benzene rings is 2. The Labute approximate surface area is 169 Å². The van der Waals surface area contributed by atoms with Gasteiger partial charge in [0.15, 0.2) is 16.6 Å². The number of nitrogens with zero attached hydrogens (tertiary/aromatic N) is 4. The van der Waals surface area contributed by atoms with E-state index in [0.29, 0.717) is 34.5 Å². The van der Waals surface area contributed by atoms with E-state index in [0.717, 1.165) is 10.7 Å². The molecule has 9 heteroatoms. The van der Waals surface area contributed by atoms with Gasteiger partial charge in [0.05, 0.1) is 10.5 Å². The minimum atomic E-state index is -0.353. The Morgan fingerprint density at radius 1 is 1.14 bits per heavy atom. The summed E-state index contributed by atoms with van der Waals surface area (Å²) in [6, 6.07) is 14.7. The lowest BCUT2D eigenvalue weighted by atomic mass is 10.3. The second-order valence-corrected chi connectivity index (χ2v) is 7.48. The van der Waals surface area contributed by atoms with Crippen LogP contribution in [0.1, 0.15) is 5.82 Å². The lowest BCUT2D eigenvalue weighted by molar-refractivity contribution is 0.290. The zero-order valence-electron chi connectivity index (χ0n) is 15.0. The van der Waals surface area contributed by atoms with Crippen molar-refractivity contribution in [2.45, 2.75) is 18.3 Å². The van der Waals surface area contributed by atoms with Gasteiger partial charge in [-0.25, -0.2) is 4.79 Å². The number of fused-ring (bicyclic) bond motifs is 1. The average molecular weight is 417 g/mol. The first-order valence-corrected chi connectivity index (χ1v) is 9.96. The molecule has 0 fully saturated rings. The summed E-state index contributed by atoms with van der Waals surface area (Å²) in [6.07, 6.45) is 0. The number of halogens is 1. The van der Waals surface area contributed by atoms with E-state index in [1.807, 2.05) is 41.9 Å². The molecular weight excluding hydrogens is 400 g/mol. The largest absolute Gasteiger partial charge is 0.484 e. The fraction of sp³-hybridized carbons (Fsp3) is 0.211. The molecule has 0 N–H and O–H groups in total. The maximum atomic E-state index is 12.0. The average Bonchev–Trinajstić information content (AvgIpc) is 3.21. The topological polar surface area (TPSA) is 75.1 Å². The van der Waals surface area contributed by atoms with Crippen molar-refractivity contribution in [1.82, 2.24) is 19.3 Å². The van der Waals surface area contributed by atoms with Crippen LogP contribution in [-0.2, 0) is 20.2 Å². The Hall–Kier alpha value is -2.71. The van der Waals surface area contributed by atoms with E-state index in [4.69, 9.17) is 20.8 Å². The van der Waals surface area contributed by atoms with Gasteiger partial charge in [0.25, 0.3) is 0 Å². The fourth-order valence-electron chi connectivity index (χ4n) is 2.75. The third-order valence-corrected chi connectivity index (χ3v) is 5.55. The van der Waals surface area contributed by atoms with Gasteiger partial charge in [0.1, 0.15) is 12.4 Å². The Balaban J connectivity index is 1.39. The molecular formula is C19H17ClN4O3S. The van der Waals surface area contributed by atoms with Gasteiger partial charge in [-0.05, 0) is 24.3 Å². The van der Waals surface area contributed by atoms with Crippen LogP contribution < -0.4 is 10.5 Å². The molecule has 0 bridgehead atoms. The number of hydrogen-bond acceptors (Lipinski definition) is 6. The van der Waals surface area contributed by atoms with Crippen LogP contribution in [0, 0.1) is 0 Å². The Bertz CT molecular complexity index is 1170. The summed E-state index contributed by atoms with van der Waals surface area (Å²) in [7, 11) is 1.88. The summed E-state index contributed by atoms with van der Waals surface area (Å²) in [4.78, 5) is 12.0. The molecule has 0 unspecified atom stereocenters. The van der Waals surface area contributed by atoms with E-state index in [1.165, 1.54) is 11.8 Å². The number of oxazole rings is 1. The Morgan fingerprint density at radius 2 is 1.93 bits per heavy atom. The molecule has 0 aliphatic heterocycles. The molecule has 0 aliphatic rings. The van der Waals surface area contributed by atoms with Crippen LogP contribution in [0.2, 0.25) is 5.02 Å². The monoisotopic (exact) mass is 416 g/mol. The van der Waals surface area contributed by atoms with Crippen LogP contribution in [0.15, 0.2) is 62.9 Å². The normalized spacial score (nSPS) is 11.2. The SMILES string of the molecule is Cn1c(COc2ccccc2Cl)nnc1SCCn1c(=O)oc2ccccc21. The van der Waals surface area contributed by atoms with Gasteiger partial charge in [0.2, 0.25) is 0 Å². The summed E-state index contributed by atoms with van der Waals surface area (Å²) in [5.41, 5.74) is 1.38. The minimum Gasteiger partial charge on any atom is -0.484 e. The van der Waals surface area contributed by atoms with Crippen LogP contribution in [0.5, 0.6) is 5.75 Å². The number of ether oxygens (including phenoxy) is 1. The van der Waals surface area contributed by atoms with E-state index in [2.05, 4.69) is 10.2 Å². The van der Waals surface area contributed by atoms with Crippen molar-refractivity contribution in [2.75, 3.05) is 5.75 Å². The lowest BCUT2D eigenvalue weighted by Gasteiger charge is -2.08. The van der Waals surface area contributed by atoms with Crippen molar-refractivity contribution in [3.63, 3.8) is 0 Å². The molecule has 4 aromatic rings. The van der Waals surface area contributed by atoms with Crippen molar-refractivity contribution in [3.05, 3.63) is 69.9 Å². The highest BCUT2D eigenvalue weighted by molar-refractivity contribution is 7.99. The van der Waals surface area contributed by atoms with E-state index >= 15 is 0 Å². The van der Waals surface area contributed by atoms with Gasteiger partial charge in [0, 0.05) is 19.3 Å². The molecule has 0 saturated heterocycles. The van der Waals surface area contributed by atoms with Crippen LogP contribution in [0.3, 0.4) is 0 Å². The molecule has 2 aromatic carbocycles. The van der Waals surface area contributed by atoms with Crippen LogP contribution in [0.4, 0.5) is 0 Å². The first-order chi connectivity index (χ1) is 13.6. The smallest absolute Gasteiger partial charge is 0.419 e. The van der Waals surface area contributed by atoms with Gasteiger partial charge >= 0.3 is 5.76 Å². The standard InChI is InChI=1S/C19H17ClN4O3S/c1-23-17(12-26-15-8-4-2-6-13(15)20)21-22-18(23)28-11-10-24-14-7-3-5-9-16(14)27-19(24)25/h2-9H,10-12H2,1H3. The first-order valence-electron chi connectivity index (χ1n) is 8.60. The Kier molecular flexibility index (Phi) is 5.40. The van der Waals surface area contributed by atoms with E-state index in [9.17, 15) is 4.79 Å². The molecule has 0 atom stereocenters. The summed E-state index contributed by atoms with van der Waals surface area (Å²) < 4.78 is 14.5. The number of aryl methyl sites for hydroxylation is 1. The molecule has 2 aromatic heterocycles. The van der Waals surface area contributed by atoms with E-state index in [1.54, 1.807) is 22.8 Å². The highest BCUT2D eigenvalue weighted by atomic mass is 35.5. The summed E-state index contributed by atoms with van der Waals surface area (Å²) in [5, 5.41) is 9.69. The van der Waals surface area contributed by atoms with Gasteiger partial charge in [-0.2, -0.15) is 0 Å². The van der Waals surface area contributed by atoms with Crippen molar-refractivity contribution < 1.29 is 9.15 Å². The number of thioether (sulfide) groups is 1. The number of aromatic nitrogens is 4. The molecule has 0 spiro atoms. The maximum Gasteiger partial charge on any atom is 0.419 e. The van der Waals surface area contributed by atoms with Crippen molar-refractivity contribution >= 4 is 34.5 Å². The predicted molar refractivity (Wildman–Crippen MR) is 108 cm³/mol. The van der Waals surface area contributed by atoms with Gasteiger partial charge < -0.3 is 13.7 Å². The highest BCUT2D eigenvalue weighted by Crippen LogP contribution is 2.24. The molecule has 28 heavy (non-hydrogen) atoms. The summed E-state index contributed by atoms with van der Waals surface area (Å²) in [6.45, 7) is 0.776. The van der Waals surface area contributed by atoms with Gasteiger partial charge in [-0.15, -0.1) is 10.2 Å². The molecule has 4 rings (SSSR count). The van der Waals surface area contributed by atoms with Gasteiger partial charge in [-0.1, -0.05) is 47.6 Å². The fourth-order valence-corrected chi connectivity index (χ4v) is 3.80. The van der Waals surface area contributed by atoms with Crippen LogP contribution >= 0.6 is 23.4 Å². The molecule has 0 saturated carbocycles. The zero-order valence-corrected chi connectivity index (χ0v) is 16.6. The molecule has 2 heterocycles. The van der Waals surface area contributed by atoms with Crippen molar-refractivity contribution in [1.29, 1.82) is 0 Å². The molecule has 7 nitrogen and oxygen atoms in total. The first kappa shape index (κ1) is 18.6. The van der Waals surface area contributed by atoms with Crippen molar-refractivity contribution in [2.24, 2.45) is 7.05 Å². The minimum absolute atomic E-state index is 0.264.